The first-order valence-corrected chi connectivity index (χ1v) is 8.45. The summed E-state index contributed by atoms with van der Waals surface area (Å²) in [6.07, 6.45) is 0.372. The van der Waals surface area contributed by atoms with E-state index in [0.29, 0.717) is 18.3 Å². The average Bonchev–Trinajstić information content (AvgIpc) is 2.45. The van der Waals surface area contributed by atoms with Crippen molar-refractivity contribution >= 4 is 17.3 Å². The Bertz CT molecular complexity index is 502. The number of ether oxygens (including phenoxy) is 1. The van der Waals surface area contributed by atoms with E-state index < -0.39 is 0 Å². The van der Waals surface area contributed by atoms with Gasteiger partial charge in [0.1, 0.15) is 0 Å². The summed E-state index contributed by atoms with van der Waals surface area (Å²) >= 11 is 0. The molecule has 0 fully saturated rings. The first-order valence-electron chi connectivity index (χ1n) is 8.45. The van der Waals surface area contributed by atoms with Crippen LogP contribution in [0.15, 0.2) is 18.2 Å². The van der Waals surface area contributed by atoms with Crippen molar-refractivity contribution in [3.05, 3.63) is 23.8 Å². The molecule has 0 aromatic heterocycles. The Morgan fingerprint density at radius 3 is 2.13 bits per heavy atom. The van der Waals surface area contributed by atoms with Gasteiger partial charge in [-0.3, -0.25) is 4.79 Å². The molecule has 23 heavy (non-hydrogen) atoms. The van der Waals surface area contributed by atoms with Gasteiger partial charge in [0.25, 0.3) is 0 Å². The third-order valence-corrected chi connectivity index (χ3v) is 3.83. The van der Waals surface area contributed by atoms with Crippen LogP contribution in [0.3, 0.4) is 0 Å². The van der Waals surface area contributed by atoms with Crippen LogP contribution in [0.4, 0.5) is 11.4 Å². The highest BCUT2D eigenvalue weighted by Crippen LogP contribution is 2.30. The summed E-state index contributed by atoms with van der Waals surface area (Å²) in [5.74, 6) is 1.06. The van der Waals surface area contributed by atoms with E-state index in [1.165, 1.54) is 7.11 Å². The molecule has 1 rings (SSSR count). The van der Waals surface area contributed by atoms with Gasteiger partial charge in [0.15, 0.2) is 0 Å². The number of hydrogen-bond donors (Lipinski definition) is 1. The number of methoxy groups -OCH3 is 1. The predicted molar refractivity (Wildman–Crippen MR) is 97.8 cm³/mol. The molecule has 0 bridgehead atoms. The molecule has 1 aromatic rings. The van der Waals surface area contributed by atoms with Gasteiger partial charge in [0, 0.05) is 13.1 Å². The van der Waals surface area contributed by atoms with Crippen LogP contribution in [0, 0.1) is 11.8 Å². The number of carbonyl (C=O) groups is 1. The summed E-state index contributed by atoms with van der Waals surface area (Å²) in [4.78, 5) is 13.8. The molecule has 1 aromatic carbocycles. The zero-order chi connectivity index (χ0) is 17.6. The lowest BCUT2D eigenvalue weighted by atomic mass is 9.96. The second-order valence-electron chi connectivity index (χ2n) is 7.19. The Morgan fingerprint density at radius 2 is 1.70 bits per heavy atom. The van der Waals surface area contributed by atoms with Crippen molar-refractivity contribution in [1.29, 1.82) is 0 Å². The van der Waals surface area contributed by atoms with E-state index >= 15 is 0 Å². The lowest BCUT2D eigenvalue weighted by Crippen LogP contribution is -2.31. The quantitative estimate of drug-likeness (QED) is 0.580. The van der Waals surface area contributed by atoms with Gasteiger partial charge in [-0.1, -0.05) is 40.7 Å². The van der Waals surface area contributed by atoms with Crippen molar-refractivity contribution in [3.63, 3.8) is 0 Å². The highest BCUT2D eigenvalue weighted by Gasteiger charge is 2.16. The number of esters is 1. The number of anilines is 2. The van der Waals surface area contributed by atoms with Gasteiger partial charge in [-0.05, 0) is 35.4 Å². The van der Waals surface area contributed by atoms with Crippen LogP contribution >= 0.6 is 0 Å². The Balaban J connectivity index is 2.97. The lowest BCUT2D eigenvalue weighted by molar-refractivity contribution is -0.140. The second kappa shape index (κ2) is 8.80. The summed E-state index contributed by atoms with van der Waals surface area (Å²) in [5.41, 5.74) is 9.25. The van der Waals surface area contributed by atoms with E-state index in [4.69, 9.17) is 10.5 Å². The number of carbonyl (C=O) groups excluding carboxylic acids is 1. The molecule has 0 amide bonds. The Kier molecular flexibility index (Phi) is 7.40. The molecule has 0 aliphatic rings. The number of rotatable bonds is 8. The minimum Gasteiger partial charge on any atom is -0.469 e. The first kappa shape index (κ1) is 19.3. The van der Waals surface area contributed by atoms with Crippen molar-refractivity contribution < 1.29 is 9.53 Å². The van der Waals surface area contributed by atoms with Gasteiger partial charge in [0.05, 0.1) is 24.9 Å². The molecule has 0 saturated heterocycles. The van der Waals surface area contributed by atoms with Crippen LogP contribution in [0.1, 0.15) is 52.5 Å². The standard InChI is InChI=1S/C19H32N2O2/c1-13(2)11-21(12-14(3)4)18-8-7-16(10-17(18)20)15(5)9-19(22)23-6/h7-8,10,13-15H,9,11-12,20H2,1-6H3/t15-/m1/s1. The maximum absolute atomic E-state index is 11.4. The van der Waals surface area contributed by atoms with Crippen LogP contribution in [-0.4, -0.2) is 26.2 Å². The number of nitrogens with zero attached hydrogens (tertiary/aromatic N) is 1. The van der Waals surface area contributed by atoms with Crippen molar-refractivity contribution in [2.24, 2.45) is 11.8 Å². The largest absolute Gasteiger partial charge is 0.469 e. The fraction of sp³-hybridized carbons (Fsp3) is 0.632. The normalized spacial score (nSPS) is 12.5. The maximum atomic E-state index is 11.4. The molecule has 0 aliphatic carbocycles. The van der Waals surface area contributed by atoms with Crippen molar-refractivity contribution in [2.75, 3.05) is 30.8 Å². The first-order chi connectivity index (χ1) is 10.7. The SMILES string of the molecule is COC(=O)C[C@@H](C)c1ccc(N(CC(C)C)CC(C)C)c(N)c1. The van der Waals surface area contributed by atoms with Gasteiger partial charge in [-0.15, -0.1) is 0 Å². The molecular weight excluding hydrogens is 288 g/mol. The number of hydrogen-bond acceptors (Lipinski definition) is 4. The Morgan fingerprint density at radius 1 is 1.13 bits per heavy atom. The highest BCUT2D eigenvalue weighted by atomic mass is 16.5. The van der Waals surface area contributed by atoms with Crippen LogP contribution in [0.2, 0.25) is 0 Å². The van der Waals surface area contributed by atoms with Crippen molar-refractivity contribution in [1.82, 2.24) is 0 Å². The molecular formula is C19H32N2O2. The van der Waals surface area contributed by atoms with E-state index in [1.807, 2.05) is 13.0 Å². The number of nitrogens with two attached hydrogens (primary N) is 1. The van der Waals surface area contributed by atoms with E-state index in [0.717, 1.165) is 30.0 Å². The van der Waals surface area contributed by atoms with E-state index in [2.05, 4.69) is 44.7 Å². The zero-order valence-corrected chi connectivity index (χ0v) is 15.4. The third kappa shape index (κ3) is 6.12. The summed E-state index contributed by atoms with van der Waals surface area (Å²) in [6.45, 7) is 12.9. The molecule has 0 unspecified atom stereocenters. The van der Waals surface area contributed by atoms with Gasteiger partial charge in [0.2, 0.25) is 0 Å². The van der Waals surface area contributed by atoms with Gasteiger partial charge < -0.3 is 15.4 Å². The molecule has 0 radical (unpaired) electrons. The fourth-order valence-electron chi connectivity index (χ4n) is 2.77. The summed E-state index contributed by atoms with van der Waals surface area (Å²) in [5, 5.41) is 0. The molecule has 2 N–H and O–H groups in total. The van der Waals surface area contributed by atoms with Gasteiger partial charge >= 0.3 is 5.97 Å². The molecule has 1 atom stereocenters. The van der Waals surface area contributed by atoms with Crippen LogP contribution in [-0.2, 0) is 9.53 Å². The highest BCUT2D eigenvalue weighted by molar-refractivity contribution is 5.72. The molecule has 0 aliphatic heterocycles. The molecule has 130 valence electrons. The molecule has 4 nitrogen and oxygen atoms in total. The minimum absolute atomic E-state index is 0.0995. The van der Waals surface area contributed by atoms with E-state index in [-0.39, 0.29) is 11.9 Å². The Labute approximate surface area is 141 Å². The third-order valence-electron chi connectivity index (χ3n) is 3.83. The zero-order valence-electron chi connectivity index (χ0n) is 15.4. The van der Waals surface area contributed by atoms with E-state index in [9.17, 15) is 4.79 Å². The average molecular weight is 320 g/mol. The summed E-state index contributed by atoms with van der Waals surface area (Å²) < 4.78 is 4.74. The smallest absolute Gasteiger partial charge is 0.306 e. The van der Waals surface area contributed by atoms with E-state index in [1.54, 1.807) is 0 Å². The number of benzene rings is 1. The maximum Gasteiger partial charge on any atom is 0.306 e. The molecule has 4 heteroatoms. The monoisotopic (exact) mass is 320 g/mol. The lowest BCUT2D eigenvalue weighted by Gasteiger charge is -2.30. The van der Waals surface area contributed by atoms with Crippen molar-refractivity contribution in [2.45, 2.75) is 47.0 Å². The minimum atomic E-state index is -0.193. The summed E-state index contributed by atoms with van der Waals surface area (Å²) in [6, 6.07) is 6.16. The molecule has 0 saturated carbocycles. The number of nitrogen functional groups attached to an aromatic ring is 1. The van der Waals surface area contributed by atoms with Gasteiger partial charge in [-0.2, -0.15) is 0 Å². The van der Waals surface area contributed by atoms with Crippen LogP contribution < -0.4 is 10.6 Å². The molecule has 0 heterocycles. The second-order valence-corrected chi connectivity index (χ2v) is 7.19. The van der Waals surface area contributed by atoms with Crippen molar-refractivity contribution in [3.8, 4) is 0 Å². The predicted octanol–water partition coefficient (Wildman–Crippen LogP) is 4.05. The Hall–Kier alpha value is -1.71. The molecule has 0 spiro atoms. The summed E-state index contributed by atoms with van der Waals surface area (Å²) in [7, 11) is 1.42. The van der Waals surface area contributed by atoms with Gasteiger partial charge in [-0.25, -0.2) is 0 Å². The van der Waals surface area contributed by atoms with Crippen LogP contribution in [0.5, 0.6) is 0 Å². The topological polar surface area (TPSA) is 55.6 Å². The fourth-order valence-corrected chi connectivity index (χ4v) is 2.77. The van der Waals surface area contributed by atoms with Crippen LogP contribution in [0.25, 0.3) is 0 Å².